The second kappa shape index (κ2) is 9.04. The second-order valence-corrected chi connectivity index (χ2v) is 2.86. The van der Waals surface area contributed by atoms with E-state index in [1.54, 1.807) is 0 Å². The molecule has 0 spiro atoms. The van der Waals surface area contributed by atoms with E-state index in [0.717, 1.165) is 11.4 Å². The van der Waals surface area contributed by atoms with Gasteiger partial charge in [0.05, 0.1) is 0 Å². The van der Waals surface area contributed by atoms with Gasteiger partial charge in [0.1, 0.15) is 0 Å². The van der Waals surface area contributed by atoms with Gasteiger partial charge >= 0.3 is 0 Å². The smallest absolute Gasteiger partial charge is 0.0384 e. The van der Waals surface area contributed by atoms with E-state index in [4.69, 9.17) is 0 Å². The predicted molar refractivity (Wildman–Crippen MR) is 74.3 cm³/mol. The lowest BCUT2D eigenvalue weighted by atomic mass is 10.3. The molecule has 0 amide bonds. The third kappa shape index (κ3) is 5.03. The van der Waals surface area contributed by atoms with Crippen LogP contribution >= 0.6 is 24.8 Å². The van der Waals surface area contributed by atoms with E-state index in [-0.39, 0.29) is 30.3 Å². The van der Waals surface area contributed by atoms with E-state index in [2.05, 4.69) is 5.32 Å². The summed E-state index contributed by atoms with van der Waals surface area (Å²) in [5.74, 6) is 0. The number of nitrogens with one attached hydrogen (secondary N) is 1. The van der Waals surface area contributed by atoms with E-state index >= 15 is 0 Å². The lowest BCUT2D eigenvalue weighted by Crippen LogP contribution is -1.87. The third-order valence-electron chi connectivity index (χ3n) is 1.84. The standard InChI is InChI=1S/C12H11N.2ClH.H2O/c1-3-7-11(8-4-1)13-12-9-5-2-6-10-12;;;/h1-10,13H;2*1H;1H2. The monoisotopic (exact) mass is 259 g/mol. The molecule has 16 heavy (non-hydrogen) atoms. The Bertz CT molecular complexity index is 330. The zero-order valence-corrected chi connectivity index (χ0v) is 10.2. The van der Waals surface area contributed by atoms with Gasteiger partial charge < -0.3 is 10.8 Å². The molecule has 0 aromatic heterocycles. The Morgan fingerprint density at radius 3 is 1.19 bits per heavy atom. The fourth-order valence-electron chi connectivity index (χ4n) is 1.21. The first-order chi connectivity index (χ1) is 6.45. The van der Waals surface area contributed by atoms with Gasteiger partial charge in [0, 0.05) is 11.4 Å². The molecule has 0 unspecified atom stereocenters. The van der Waals surface area contributed by atoms with Crippen molar-refractivity contribution in [3.05, 3.63) is 60.7 Å². The summed E-state index contributed by atoms with van der Waals surface area (Å²) in [6, 6.07) is 20.3. The maximum absolute atomic E-state index is 3.30. The van der Waals surface area contributed by atoms with Gasteiger partial charge in [0.15, 0.2) is 0 Å². The molecule has 2 aromatic carbocycles. The minimum atomic E-state index is 0. The highest BCUT2D eigenvalue weighted by Gasteiger charge is 1.89. The Morgan fingerprint density at radius 2 is 0.875 bits per heavy atom. The molecular formula is C12H15Cl2NO. The van der Waals surface area contributed by atoms with Crippen molar-refractivity contribution >= 4 is 36.2 Å². The molecule has 2 rings (SSSR count). The first-order valence-corrected chi connectivity index (χ1v) is 4.32. The molecule has 2 aromatic rings. The molecule has 0 radical (unpaired) electrons. The van der Waals surface area contributed by atoms with Crippen molar-refractivity contribution in [1.82, 2.24) is 0 Å². The molecule has 0 bridgehead atoms. The van der Waals surface area contributed by atoms with Crippen molar-refractivity contribution in [2.75, 3.05) is 5.32 Å². The first kappa shape index (κ1) is 17.2. The molecule has 0 aliphatic carbocycles. The normalized spacial score (nSPS) is 7.75. The Labute approximate surface area is 108 Å². The Kier molecular flexibility index (Phi) is 9.71. The summed E-state index contributed by atoms with van der Waals surface area (Å²) in [5, 5.41) is 3.30. The quantitative estimate of drug-likeness (QED) is 0.882. The maximum atomic E-state index is 3.30. The fourth-order valence-corrected chi connectivity index (χ4v) is 1.21. The first-order valence-electron chi connectivity index (χ1n) is 4.32. The highest BCUT2D eigenvalue weighted by atomic mass is 35.5. The van der Waals surface area contributed by atoms with Crippen LogP contribution in [0.15, 0.2) is 60.7 Å². The average molecular weight is 260 g/mol. The van der Waals surface area contributed by atoms with Crippen LogP contribution in [0.2, 0.25) is 0 Å². The molecule has 2 nitrogen and oxygen atoms in total. The van der Waals surface area contributed by atoms with Crippen molar-refractivity contribution in [3.8, 4) is 0 Å². The highest BCUT2D eigenvalue weighted by molar-refractivity contribution is 5.85. The van der Waals surface area contributed by atoms with E-state index in [9.17, 15) is 0 Å². The lowest BCUT2D eigenvalue weighted by molar-refractivity contribution is 0.824. The number of rotatable bonds is 2. The van der Waals surface area contributed by atoms with E-state index in [0.29, 0.717) is 0 Å². The Morgan fingerprint density at radius 1 is 0.562 bits per heavy atom. The average Bonchev–Trinajstić information content (AvgIpc) is 2.21. The van der Waals surface area contributed by atoms with Crippen molar-refractivity contribution in [3.63, 3.8) is 0 Å². The summed E-state index contributed by atoms with van der Waals surface area (Å²) in [4.78, 5) is 0. The summed E-state index contributed by atoms with van der Waals surface area (Å²) in [5.41, 5.74) is 2.24. The molecule has 0 atom stereocenters. The Hall–Kier alpha value is -1.22. The van der Waals surface area contributed by atoms with Gasteiger partial charge in [0.25, 0.3) is 0 Å². The number of hydrogen-bond acceptors (Lipinski definition) is 1. The topological polar surface area (TPSA) is 43.5 Å². The zero-order valence-electron chi connectivity index (χ0n) is 8.59. The summed E-state index contributed by atoms with van der Waals surface area (Å²) in [6.07, 6.45) is 0. The van der Waals surface area contributed by atoms with Crippen LogP contribution in [0.3, 0.4) is 0 Å². The van der Waals surface area contributed by atoms with Gasteiger partial charge in [-0.1, -0.05) is 36.4 Å². The summed E-state index contributed by atoms with van der Waals surface area (Å²) < 4.78 is 0. The van der Waals surface area contributed by atoms with Crippen LogP contribution in [0.4, 0.5) is 11.4 Å². The molecule has 88 valence electrons. The SMILES string of the molecule is Cl.Cl.O.c1ccc(Nc2ccccc2)cc1. The van der Waals surface area contributed by atoms with Crippen molar-refractivity contribution < 1.29 is 5.48 Å². The molecule has 0 fully saturated rings. The summed E-state index contributed by atoms with van der Waals surface area (Å²) in [7, 11) is 0. The van der Waals surface area contributed by atoms with E-state index in [1.807, 2.05) is 60.7 Å². The summed E-state index contributed by atoms with van der Waals surface area (Å²) in [6.45, 7) is 0. The largest absolute Gasteiger partial charge is 0.412 e. The van der Waals surface area contributed by atoms with Crippen LogP contribution in [0.25, 0.3) is 0 Å². The molecule has 0 saturated heterocycles. The van der Waals surface area contributed by atoms with Crippen molar-refractivity contribution in [2.45, 2.75) is 0 Å². The van der Waals surface area contributed by atoms with Crippen LogP contribution in [0.1, 0.15) is 0 Å². The minimum Gasteiger partial charge on any atom is -0.412 e. The highest BCUT2D eigenvalue weighted by Crippen LogP contribution is 2.14. The van der Waals surface area contributed by atoms with Crippen molar-refractivity contribution in [2.24, 2.45) is 0 Å². The molecular weight excluding hydrogens is 245 g/mol. The van der Waals surface area contributed by atoms with E-state index < -0.39 is 0 Å². The molecule has 3 N–H and O–H groups in total. The second-order valence-electron chi connectivity index (χ2n) is 2.86. The lowest BCUT2D eigenvalue weighted by Gasteiger charge is -2.04. The van der Waals surface area contributed by atoms with Gasteiger partial charge in [-0.2, -0.15) is 0 Å². The van der Waals surface area contributed by atoms with Gasteiger partial charge in [-0.3, -0.25) is 0 Å². The minimum absolute atomic E-state index is 0. The predicted octanol–water partition coefficient (Wildman–Crippen LogP) is 3.45. The number of hydrogen-bond donors (Lipinski definition) is 1. The number of para-hydroxylation sites is 2. The molecule has 0 heterocycles. The van der Waals surface area contributed by atoms with Gasteiger partial charge in [-0.25, -0.2) is 0 Å². The fraction of sp³-hybridized carbons (Fsp3) is 0. The number of anilines is 2. The third-order valence-corrected chi connectivity index (χ3v) is 1.84. The summed E-state index contributed by atoms with van der Waals surface area (Å²) >= 11 is 0. The van der Waals surface area contributed by atoms with Crippen LogP contribution in [0, 0.1) is 0 Å². The van der Waals surface area contributed by atoms with Crippen LogP contribution in [0.5, 0.6) is 0 Å². The number of benzene rings is 2. The molecule has 4 heteroatoms. The maximum Gasteiger partial charge on any atom is 0.0384 e. The van der Waals surface area contributed by atoms with Crippen LogP contribution in [-0.4, -0.2) is 5.48 Å². The molecule has 0 aliphatic rings. The van der Waals surface area contributed by atoms with Crippen molar-refractivity contribution in [1.29, 1.82) is 0 Å². The van der Waals surface area contributed by atoms with Gasteiger partial charge in [0.2, 0.25) is 0 Å². The number of halogens is 2. The van der Waals surface area contributed by atoms with Gasteiger partial charge in [-0.05, 0) is 24.3 Å². The molecule has 0 aliphatic heterocycles. The zero-order chi connectivity index (χ0) is 8.93. The van der Waals surface area contributed by atoms with Gasteiger partial charge in [-0.15, -0.1) is 24.8 Å². The molecule has 0 saturated carbocycles. The van der Waals surface area contributed by atoms with E-state index in [1.165, 1.54) is 0 Å². The van der Waals surface area contributed by atoms with Crippen LogP contribution < -0.4 is 5.32 Å². The van der Waals surface area contributed by atoms with Crippen LogP contribution in [-0.2, 0) is 0 Å². The Balaban J connectivity index is 0.